The second kappa shape index (κ2) is 5.30. The van der Waals surface area contributed by atoms with Crippen molar-refractivity contribution in [3.8, 4) is 11.3 Å². The van der Waals surface area contributed by atoms with Crippen molar-refractivity contribution >= 4 is 16.3 Å². The zero-order chi connectivity index (χ0) is 14.1. The quantitative estimate of drug-likeness (QED) is 0.804. The molecule has 0 aliphatic heterocycles. The molecule has 4 nitrogen and oxygen atoms in total. The Balaban J connectivity index is 2.11. The van der Waals surface area contributed by atoms with Crippen molar-refractivity contribution in [2.24, 2.45) is 0 Å². The summed E-state index contributed by atoms with van der Waals surface area (Å²) in [7, 11) is 0. The summed E-state index contributed by atoms with van der Waals surface area (Å²) in [6, 6.07) is 6.10. The highest BCUT2D eigenvalue weighted by Crippen LogP contribution is 2.27. The first-order valence-electron chi connectivity index (χ1n) is 6.47. The van der Waals surface area contributed by atoms with Gasteiger partial charge in [-0.3, -0.25) is 0 Å². The van der Waals surface area contributed by atoms with Crippen molar-refractivity contribution in [1.29, 1.82) is 0 Å². The Kier molecular flexibility index (Phi) is 3.50. The molecule has 2 heterocycles. The molecule has 0 saturated heterocycles. The van der Waals surface area contributed by atoms with E-state index in [4.69, 9.17) is 0 Å². The van der Waals surface area contributed by atoms with Gasteiger partial charge < -0.3 is 5.11 Å². The first kappa shape index (κ1) is 13.2. The molecule has 0 bridgehead atoms. The van der Waals surface area contributed by atoms with Crippen LogP contribution in [-0.2, 0) is 13.0 Å². The molecule has 0 aliphatic carbocycles. The van der Waals surface area contributed by atoms with Gasteiger partial charge in [0.15, 0.2) is 0 Å². The van der Waals surface area contributed by atoms with Gasteiger partial charge in [-0.25, -0.2) is 13.9 Å². The molecule has 0 aliphatic rings. The zero-order valence-electron chi connectivity index (χ0n) is 11.0. The van der Waals surface area contributed by atoms with Crippen LogP contribution in [0.3, 0.4) is 0 Å². The van der Waals surface area contributed by atoms with Crippen LogP contribution < -0.4 is 0 Å². The van der Waals surface area contributed by atoms with Gasteiger partial charge in [0.05, 0.1) is 18.0 Å². The van der Waals surface area contributed by atoms with E-state index in [1.54, 1.807) is 16.6 Å². The number of nitrogens with zero attached hydrogens (tertiary/aromatic N) is 3. The first-order valence-corrected chi connectivity index (χ1v) is 7.28. The summed E-state index contributed by atoms with van der Waals surface area (Å²) < 4.78 is 14.7. The number of aromatic nitrogens is 3. The van der Waals surface area contributed by atoms with Crippen molar-refractivity contribution in [2.75, 3.05) is 0 Å². The Morgan fingerprint density at radius 3 is 2.70 bits per heavy atom. The summed E-state index contributed by atoms with van der Waals surface area (Å²) in [5.74, 6) is -0.288. The molecule has 6 heteroatoms. The number of rotatable bonds is 4. The molecule has 3 rings (SSSR count). The Bertz CT molecular complexity index is 733. The lowest BCUT2D eigenvalue weighted by molar-refractivity contribution is 0.275. The average Bonchev–Trinajstić information content (AvgIpc) is 2.96. The van der Waals surface area contributed by atoms with Crippen LogP contribution in [0.1, 0.15) is 24.0 Å². The molecule has 0 unspecified atom stereocenters. The third-order valence-corrected chi connectivity index (χ3v) is 4.04. The number of aliphatic hydroxyl groups is 1. The van der Waals surface area contributed by atoms with Crippen molar-refractivity contribution in [2.45, 2.75) is 26.4 Å². The monoisotopic (exact) mass is 291 g/mol. The smallest absolute Gasteiger partial charge is 0.213 e. The lowest BCUT2D eigenvalue weighted by Gasteiger charge is -2.00. The number of aryl methyl sites for hydroxylation is 1. The van der Waals surface area contributed by atoms with Crippen LogP contribution in [0.5, 0.6) is 0 Å². The predicted octanol–water partition coefficient (Wildman–Crippen LogP) is 3.04. The normalized spacial score (nSPS) is 11.3. The lowest BCUT2D eigenvalue weighted by atomic mass is 10.1. The van der Waals surface area contributed by atoms with Crippen LogP contribution in [0, 0.1) is 5.82 Å². The average molecular weight is 291 g/mol. The Morgan fingerprint density at radius 1 is 1.30 bits per heavy atom. The van der Waals surface area contributed by atoms with Gasteiger partial charge in [-0.15, -0.1) is 0 Å². The molecule has 104 valence electrons. The van der Waals surface area contributed by atoms with E-state index in [0.717, 1.165) is 28.4 Å². The maximum Gasteiger partial charge on any atom is 0.213 e. The van der Waals surface area contributed by atoms with Crippen LogP contribution in [0.2, 0.25) is 0 Å². The second-order valence-electron chi connectivity index (χ2n) is 4.51. The predicted molar refractivity (Wildman–Crippen MR) is 76.2 cm³/mol. The van der Waals surface area contributed by atoms with Gasteiger partial charge >= 0.3 is 0 Å². The summed E-state index contributed by atoms with van der Waals surface area (Å²) in [5.41, 5.74) is 2.09. The number of aliphatic hydroxyl groups excluding tert-OH is 1. The fraction of sp³-hybridized carbons (Fsp3) is 0.286. The van der Waals surface area contributed by atoms with Gasteiger partial charge in [0.2, 0.25) is 4.96 Å². The van der Waals surface area contributed by atoms with E-state index in [0.29, 0.717) is 11.4 Å². The second-order valence-corrected chi connectivity index (χ2v) is 5.55. The maximum absolute atomic E-state index is 13.0. The molecule has 0 atom stereocenters. The molecule has 0 amide bonds. The SMILES string of the molecule is CCCc1nn2c(CO)c(-c3ccc(F)cc3)nc2s1. The molecule has 0 spiro atoms. The van der Waals surface area contributed by atoms with E-state index in [1.807, 2.05) is 0 Å². The standard InChI is InChI=1S/C14H14FN3OS/c1-2-3-12-17-18-11(8-19)13(16-14(18)20-12)9-4-6-10(15)7-5-9/h4-7,19H,2-3,8H2,1H3. The fourth-order valence-electron chi connectivity index (χ4n) is 2.13. The molecule has 20 heavy (non-hydrogen) atoms. The fourth-order valence-corrected chi connectivity index (χ4v) is 3.14. The number of hydrogen-bond acceptors (Lipinski definition) is 4. The highest BCUT2D eigenvalue weighted by Gasteiger charge is 2.17. The number of imidazole rings is 1. The zero-order valence-corrected chi connectivity index (χ0v) is 11.8. The number of fused-ring (bicyclic) bond motifs is 1. The minimum Gasteiger partial charge on any atom is -0.390 e. The van der Waals surface area contributed by atoms with Crippen LogP contribution in [0.25, 0.3) is 16.2 Å². The van der Waals surface area contributed by atoms with Crippen molar-refractivity contribution < 1.29 is 9.50 Å². The van der Waals surface area contributed by atoms with Gasteiger partial charge in [-0.1, -0.05) is 18.3 Å². The lowest BCUT2D eigenvalue weighted by Crippen LogP contribution is -1.96. The highest BCUT2D eigenvalue weighted by molar-refractivity contribution is 7.16. The Labute approximate surface area is 119 Å². The Hall–Kier alpha value is -1.79. The van der Waals surface area contributed by atoms with E-state index in [9.17, 15) is 9.50 Å². The molecular formula is C14H14FN3OS. The summed E-state index contributed by atoms with van der Waals surface area (Å²) >= 11 is 1.53. The Morgan fingerprint density at radius 2 is 2.05 bits per heavy atom. The molecule has 3 aromatic rings. The molecule has 0 saturated carbocycles. The van der Waals surface area contributed by atoms with Crippen molar-refractivity contribution in [3.63, 3.8) is 0 Å². The number of hydrogen-bond donors (Lipinski definition) is 1. The van der Waals surface area contributed by atoms with Crippen LogP contribution in [0.4, 0.5) is 4.39 Å². The van der Waals surface area contributed by atoms with Crippen LogP contribution in [0.15, 0.2) is 24.3 Å². The van der Waals surface area contributed by atoms with E-state index >= 15 is 0 Å². The minimum atomic E-state index is -0.288. The number of benzene rings is 1. The molecule has 1 aromatic carbocycles. The molecule has 0 fully saturated rings. The third kappa shape index (κ3) is 2.21. The third-order valence-electron chi connectivity index (χ3n) is 3.07. The van der Waals surface area contributed by atoms with Crippen LogP contribution >= 0.6 is 11.3 Å². The molecule has 0 radical (unpaired) electrons. The summed E-state index contributed by atoms with van der Waals surface area (Å²) in [4.78, 5) is 5.28. The minimum absolute atomic E-state index is 0.150. The summed E-state index contributed by atoms with van der Waals surface area (Å²) in [5, 5.41) is 15.1. The first-order chi connectivity index (χ1) is 9.72. The summed E-state index contributed by atoms with van der Waals surface area (Å²) in [6.07, 6.45) is 1.93. The van der Waals surface area contributed by atoms with Gasteiger partial charge in [0.1, 0.15) is 10.8 Å². The van der Waals surface area contributed by atoms with Gasteiger partial charge in [0.25, 0.3) is 0 Å². The largest absolute Gasteiger partial charge is 0.390 e. The van der Waals surface area contributed by atoms with Gasteiger partial charge in [-0.2, -0.15) is 5.10 Å². The van der Waals surface area contributed by atoms with E-state index in [-0.39, 0.29) is 12.4 Å². The number of halogens is 1. The summed E-state index contributed by atoms with van der Waals surface area (Å²) in [6.45, 7) is 1.95. The highest BCUT2D eigenvalue weighted by atomic mass is 32.1. The van der Waals surface area contributed by atoms with E-state index in [2.05, 4.69) is 17.0 Å². The topological polar surface area (TPSA) is 50.4 Å². The van der Waals surface area contributed by atoms with Crippen LogP contribution in [-0.4, -0.2) is 19.7 Å². The van der Waals surface area contributed by atoms with E-state index < -0.39 is 0 Å². The van der Waals surface area contributed by atoms with E-state index in [1.165, 1.54) is 23.5 Å². The molecular weight excluding hydrogens is 277 g/mol. The molecule has 1 N–H and O–H groups in total. The van der Waals surface area contributed by atoms with Gasteiger partial charge in [-0.05, 0) is 30.7 Å². The van der Waals surface area contributed by atoms with Gasteiger partial charge in [0, 0.05) is 12.0 Å². The maximum atomic E-state index is 13.0. The van der Waals surface area contributed by atoms with Crippen molar-refractivity contribution in [3.05, 3.63) is 40.8 Å². The van der Waals surface area contributed by atoms with Crippen molar-refractivity contribution in [1.82, 2.24) is 14.6 Å². The molecule has 2 aromatic heterocycles.